The standard InChI is InChI=1S/C23H40N6O2/c1-4-27-11-13-28(14-12-27)10-9-25-23(24-2)26-19-22(29-15-17-31-18-16-29)20-5-7-21(30-3)8-6-20/h5-8,22H,4,9-19H2,1-3H3,(H2,24,25,26). The number of ether oxygens (including phenoxy) is 2. The molecule has 2 aliphatic rings. The lowest BCUT2D eigenvalue weighted by molar-refractivity contribution is 0.0170. The molecule has 3 rings (SSSR count). The molecule has 8 nitrogen and oxygen atoms in total. The quantitative estimate of drug-likeness (QED) is 0.443. The molecule has 2 fully saturated rings. The molecule has 0 spiro atoms. The molecule has 0 bridgehead atoms. The van der Waals surface area contributed by atoms with E-state index in [1.165, 1.54) is 18.7 Å². The molecule has 0 amide bonds. The highest BCUT2D eigenvalue weighted by molar-refractivity contribution is 5.79. The Bertz CT molecular complexity index is 655. The molecule has 0 aromatic heterocycles. The molecular formula is C23H40N6O2. The molecule has 0 saturated carbocycles. The number of hydrogen-bond donors (Lipinski definition) is 2. The Labute approximate surface area is 187 Å². The van der Waals surface area contributed by atoms with E-state index in [1.54, 1.807) is 7.11 Å². The van der Waals surface area contributed by atoms with Crippen molar-refractivity contribution in [3.63, 3.8) is 0 Å². The van der Waals surface area contributed by atoms with Crippen LogP contribution in [0.1, 0.15) is 18.5 Å². The Hall–Kier alpha value is -1.87. The van der Waals surface area contributed by atoms with Gasteiger partial charge in [-0.1, -0.05) is 19.1 Å². The molecule has 1 atom stereocenters. The highest BCUT2D eigenvalue weighted by Crippen LogP contribution is 2.23. The first kappa shape index (κ1) is 23.8. The van der Waals surface area contributed by atoms with Crippen LogP contribution in [-0.4, -0.2) is 113 Å². The van der Waals surface area contributed by atoms with Crippen LogP contribution in [0.2, 0.25) is 0 Å². The molecule has 0 radical (unpaired) electrons. The SMILES string of the molecule is CCN1CCN(CCNC(=NC)NCC(c2ccc(OC)cc2)N2CCOCC2)CC1. The second kappa shape index (κ2) is 12.9. The molecule has 2 saturated heterocycles. The van der Waals surface area contributed by atoms with Crippen molar-refractivity contribution in [1.82, 2.24) is 25.3 Å². The monoisotopic (exact) mass is 432 g/mol. The fourth-order valence-electron chi connectivity index (χ4n) is 4.25. The number of nitrogens with one attached hydrogen (secondary N) is 2. The molecule has 1 unspecified atom stereocenters. The summed E-state index contributed by atoms with van der Waals surface area (Å²) in [5.74, 6) is 1.74. The van der Waals surface area contributed by atoms with Gasteiger partial charge in [0.1, 0.15) is 5.75 Å². The van der Waals surface area contributed by atoms with Crippen molar-refractivity contribution in [2.75, 3.05) is 92.8 Å². The Balaban J connectivity index is 1.50. The van der Waals surface area contributed by atoms with Crippen LogP contribution >= 0.6 is 0 Å². The van der Waals surface area contributed by atoms with Crippen LogP contribution in [0.25, 0.3) is 0 Å². The zero-order valence-electron chi connectivity index (χ0n) is 19.5. The van der Waals surface area contributed by atoms with E-state index in [4.69, 9.17) is 9.47 Å². The lowest BCUT2D eigenvalue weighted by Crippen LogP contribution is -2.50. The molecule has 174 valence electrons. The Kier molecular flexibility index (Phi) is 9.86. The number of piperazine rings is 1. The number of hydrogen-bond acceptors (Lipinski definition) is 6. The predicted octanol–water partition coefficient (Wildman–Crippen LogP) is 0.871. The van der Waals surface area contributed by atoms with Crippen LogP contribution in [0, 0.1) is 0 Å². The van der Waals surface area contributed by atoms with E-state index in [9.17, 15) is 0 Å². The van der Waals surface area contributed by atoms with Crippen LogP contribution < -0.4 is 15.4 Å². The topological polar surface area (TPSA) is 64.6 Å². The van der Waals surface area contributed by atoms with E-state index >= 15 is 0 Å². The lowest BCUT2D eigenvalue weighted by Gasteiger charge is -2.35. The number of rotatable bonds is 9. The predicted molar refractivity (Wildman–Crippen MR) is 126 cm³/mol. The average molecular weight is 433 g/mol. The summed E-state index contributed by atoms with van der Waals surface area (Å²) in [6.07, 6.45) is 0. The maximum Gasteiger partial charge on any atom is 0.191 e. The van der Waals surface area contributed by atoms with Crippen LogP contribution in [0.5, 0.6) is 5.75 Å². The van der Waals surface area contributed by atoms with Crippen LogP contribution in [0.15, 0.2) is 29.3 Å². The lowest BCUT2D eigenvalue weighted by atomic mass is 10.0. The summed E-state index contributed by atoms with van der Waals surface area (Å²) in [5.41, 5.74) is 1.28. The highest BCUT2D eigenvalue weighted by Gasteiger charge is 2.23. The molecule has 8 heteroatoms. The number of aliphatic imine (C=N–C) groups is 1. The second-order valence-electron chi connectivity index (χ2n) is 8.09. The van der Waals surface area contributed by atoms with Gasteiger partial charge in [-0.15, -0.1) is 0 Å². The molecule has 2 aliphatic heterocycles. The Morgan fingerprint density at radius 2 is 1.71 bits per heavy atom. The van der Waals surface area contributed by atoms with Crippen molar-refractivity contribution in [3.05, 3.63) is 29.8 Å². The average Bonchev–Trinajstić information content (AvgIpc) is 2.84. The molecule has 2 heterocycles. The minimum atomic E-state index is 0.260. The molecule has 2 N–H and O–H groups in total. The summed E-state index contributed by atoms with van der Waals surface area (Å²) < 4.78 is 10.9. The third-order valence-corrected chi connectivity index (χ3v) is 6.31. The van der Waals surface area contributed by atoms with Gasteiger partial charge in [-0.2, -0.15) is 0 Å². The smallest absolute Gasteiger partial charge is 0.191 e. The van der Waals surface area contributed by atoms with Crippen molar-refractivity contribution in [3.8, 4) is 5.75 Å². The minimum Gasteiger partial charge on any atom is -0.497 e. The summed E-state index contributed by atoms with van der Waals surface area (Å²) in [7, 11) is 3.54. The van der Waals surface area contributed by atoms with Crippen LogP contribution in [-0.2, 0) is 4.74 Å². The van der Waals surface area contributed by atoms with Crippen molar-refractivity contribution in [2.45, 2.75) is 13.0 Å². The van der Waals surface area contributed by atoms with E-state index in [2.05, 4.69) is 49.4 Å². The minimum absolute atomic E-state index is 0.260. The molecule has 1 aromatic carbocycles. The van der Waals surface area contributed by atoms with Crippen molar-refractivity contribution in [1.29, 1.82) is 0 Å². The van der Waals surface area contributed by atoms with E-state index in [-0.39, 0.29) is 6.04 Å². The van der Waals surface area contributed by atoms with Crippen LogP contribution in [0.3, 0.4) is 0 Å². The number of morpholine rings is 1. The molecule has 0 aliphatic carbocycles. The van der Waals surface area contributed by atoms with Gasteiger partial charge in [-0.05, 0) is 24.2 Å². The number of methoxy groups -OCH3 is 1. The zero-order valence-corrected chi connectivity index (χ0v) is 19.5. The highest BCUT2D eigenvalue weighted by atomic mass is 16.5. The van der Waals surface area contributed by atoms with Gasteiger partial charge in [0.2, 0.25) is 0 Å². The van der Waals surface area contributed by atoms with Gasteiger partial charge < -0.3 is 25.0 Å². The third-order valence-electron chi connectivity index (χ3n) is 6.31. The fraction of sp³-hybridized carbons (Fsp3) is 0.696. The van der Waals surface area contributed by atoms with E-state index < -0.39 is 0 Å². The third kappa shape index (κ3) is 7.35. The molecule has 31 heavy (non-hydrogen) atoms. The largest absolute Gasteiger partial charge is 0.497 e. The van der Waals surface area contributed by atoms with E-state index in [0.29, 0.717) is 0 Å². The van der Waals surface area contributed by atoms with Gasteiger partial charge in [0.15, 0.2) is 5.96 Å². The van der Waals surface area contributed by atoms with E-state index in [0.717, 1.165) is 77.3 Å². The number of likely N-dealkylation sites (N-methyl/N-ethyl adjacent to an activating group) is 1. The van der Waals surface area contributed by atoms with Gasteiger partial charge in [-0.3, -0.25) is 14.8 Å². The summed E-state index contributed by atoms with van der Waals surface area (Å²) in [5, 5.41) is 7.04. The summed E-state index contributed by atoms with van der Waals surface area (Å²) in [6.45, 7) is 14.2. The number of guanidine groups is 1. The Morgan fingerprint density at radius 1 is 1.03 bits per heavy atom. The summed E-state index contributed by atoms with van der Waals surface area (Å²) in [6, 6.07) is 8.65. The van der Waals surface area contributed by atoms with Gasteiger partial charge in [-0.25, -0.2) is 0 Å². The number of benzene rings is 1. The van der Waals surface area contributed by atoms with Crippen molar-refractivity contribution in [2.24, 2.45) is 4.99 Å². The fourth-order valence-corrected chi connectivity index (χ4v) is 4.25. The maximum atomic E-state index is 5.57. The van der Waals surface area contributed by atoms with Gasteiger partial charge in [0.05, 0.1) is 26.4 Å². The first-order chi connectivity index (χ1) is 15.2. The first-order valence-electron chi connectivity index (χ1n) is 11.6. The maximum absolute atomic E-state index is 5.57. The molecular weight excluding hydrogens is 392 g/mol. The summed E-state index contributed by atoms with van der Waals surface area (Å²) in [4.78, 5) is 12.0. The second-order valence-corrected chi connectivity index (χ2v) is 8.09. The zero-order chi connectivity index (χ0) is 21.9. The van der Waals surface area contributed by atoms with E-state index in [1.807, 2.05) is 19.2 Å². The van der Waals surface area contributed by atoms with Crippen LogP contribution in [0.4, 0.5) is 0 Å². The van der Waals surface area contributed by atoms with Gasteiger partial charge in [0, 0.05) is 66.0 Å². The summed E-state index contributed by atoms with van der Waals surface area (Å²) >= 11 is 0. The van der Waals surface area contributed by atoms with Crippen molar-refractivity contribution >= 4 is 5.96 Å². The normalized spacial score (nSPS) is 20.4. The van der Waals surface area contributed by atoms with Gasteiger partial charge in [0.25, 0.3) is 0 Å². The number of nitrogens with zero attached hydrogens (tertiary/aromatic N) is 4. The first-order valence-corrected chi connectivity index (χ1v) is 11.6. The Morgan fingerprint density at radius 3 is 2.32 bits per heavy atom. The van der Waals surface area contributed by atoms with Crippen molar-refractivity contribution < 1.29 is 9.47 Å². The van der Waals surface area contributed by atoms with Gasteiger partial charge >= 0.3 is 0 Å². The molecule has 1 aromatic rings.